The molecular weight excluding hydrogens is 483 g/mol. The van der Waals surface area contributed by atoms with Gasteiger partial charge in [0, 0.05) is 15.8 Å². The molecule has 2 aromatic carbocycles. The Morgan fingerprint density at radius 2 is 1.77 bits per heavy atom. The maximum atomic E-state index is 12.8. The lowest BCUT2D eigenvalue weighted by molar-refractivity contribution is -0.120. The first-order valence-corrected chi connectivity index (χ1v) is 11.6. The fraction of sp³-hybridized carbons (Fsp3) is 0. The summed E-state index contributed by atoms with van der Waals surface area (Å²) in [4.78, 5) is 30.0. The summed E-state index contributed by atoms with van der Waals surface area (Å²) < 4.78 is 28.4. The summed E-state index contributed by atoms with van der Waals surface area (Å²) in [5.41, 5.74) is 0.507. The van der Waals surface area contributed by atoms with Gasteiger partial charge < -0.3 is 15.0 Å². The van der Waals surface area contributed by atoms with Gasteiger partial charge in [0.05, 0.1) is 10.6 Å². The highest BCUT2D eigenvalue weighted by molar-refractivity contribution is 7.94. The lowest BCUT2D eigenvalue weighted by Gasteiger charge is -2.15. The Hall–Kier alpha value is -2.92. The lowest BCUT2D eigenvalue weighted by atomic mass is 10.3. The molecule has 1 aliphatic heterocycles. The molecule has 0 saturated heterocycles. The van der Waals surface area contributed by atoms with Gasteiger partial charge in [-0.1, -0.05) is 35.5 Å². The number of hydrogen-bond acceptors (Lipinski definition) is 7. The molecule has 0 aliphatic carbocycles. The summed E-state index contributed by atoms with van der Waals surface area (Å²) in [7, 11) is -3.94. The largest absolute Gasteiger partial charge is 0.433 e. The van der Waals surface area contributed by atoms with Gasteiger partial charge in [0.2, 0.25) is 10.0 Å². The second-order valence-electron chi connectivity index (χ2n) is 6.14. The van der Waals surface area contributed by atoms with Gasteiger partial charge in [0.15, 0.2) is 0 Å². The molecule has 1 aromatic heterocycles. The quantitative estimate of drug-likeness (QED) is 0.501. The number of rotatable bonds is 6. The van der Waals surface area contributed by atoms with E-state index in [4.69, 9.17) is 23.2 Å². The van der Waals surface area contributed by atoms with Crippen LogP contribution in [0.25, 0.3) is 4.72 Å². The van der Waals surface area contributed by atoms with Crippen molar-refractivity contribution in [2.45, 2.75) is 4.90 Å². The molecule has 0 spiro atoms. The van der Waals surface area contributed by atoms with E-state index in [0.29, 0.717) is 10.7 Å². The third-order valence-electron chi connectivity index (χ3n) is 4.13. The number of carbonyl (C=O) groups is 2. The molecule has 0 fully saturated rings. The van der Waals surface area contributed by atoms with Gasteiger partial charge in [-0.05, 0) is 47.8 Å². The van der Waals surface area contributed by atoms with Crippen LogP contribution in [0, 0.1) is 0 Å². The van der Waals surface area contributed by atoms with Crippen molar-refractivity contribution in [2.24, 2.45) is 0 Å². The zero-order valence-electron chi connectivity index (χ0n) is 15.3. The number of aromatic nitrogens is 1. The molecule has 8 nitrogen and oxygen atoms in total. The lowest BCUT2D eigenvalue weighted by Crippen LogP contribution is -2.32. The maximum Gasteiger partial charge on any atom is 0.283 e. The molecule has 0 radical (unpaired) electrons. The first-order chi connectivity index (χ1) is 14.8. The Balaban J connectivity index is 1.54. The van der Waals surface area contributed by atoms with Gasteiger partial charge >= 0.3 is 0 Å². The summed E-state index contributed by atoms with van der Waals surface area (Å²) in [6.07, 6.45) is 1.45. The van der Waals surface area contributed by atoms with Crippen LogP contribution in [-0.4, -0.2) is 25.2 Å². The summed E-state index contributed by atoms with van der Waals surface area (Å²) in [6.45, 7) is 0. The van der Waals surface area contributed by atoms with E-state index in [2.05, 4.69) is 15.0 Å². The highest BCUT2D eigenvalue weighted by Gasteiger charge is 2.39. The third kappa shape index (κ3) is 4.28. The average molecular weight is 494 g/mol. The second-order valence-corrected chi connectivity index (χ2v) is 9.44. The zero-order valence-corrected chi connectivity index (χ0v) is 18.5. The molecule has 3 aromatic rings. The minimum absolute atomic E-state index is 0.0531. The summed E-state index contributed by atoms with van der Waals surface area (Å²) in [5, 5.41) is 4.58. The highest BCUT2D eigenvalue weighted by atomic mass is 35.5. The van der Waals surface area contributed by atoms with Crippen LogP contribution in [0.5, 0.6) is 0 Å². The minimum Gasteiger partial charge on any atom is -0.433 e. The van der Waals surface area contributed by atoms with Gasteiger partial charge in [-0.15, -0.1) is 0 Å². The standard InChI is InChI=1S/C19H12Cl2N4O4S2/c20-11-2-1-3-13(10-11)25-17(26)15(21)16(18(25)27)23-12-4-6-14(7-5-12)31(28,29)24-19-22-8-9-30-19/h1-10H,(H2,22,23,24,26)/p-1. The van der Waals surface area contributed by atoms with Gasteiger partial charge in [-0.2, -0.15) is 11.3 Å². The summed E-state index contributed by atoms with van der Waals surface area (Å²) in [6, 6.07) is 11.7. The normalized spacial score (nSPS) is 14.3. The van der Waals surface area contributed by atoms with Crippen molar-refractivity contribution in [2.75, 3.05) is 10.2 Å². The van der Waals surface area contributed by atoms with Crippen molar-refractivity contribution in [3.8, 4) is 0 Å². The summed E-state index contributed by atoms with van der Waals surface area (Å²) >= 11 is 13.1. The Labute approximate surface area is 191 Å². The molecule has 31 heavy (non-hydrogen) atoms. The Morgan fingerprint density at radius 3 is 2.42 bits per heavy atom. The van der Waals surface area contributed by atoms with Crippen molar-refractivity contribution in [3.05, 3.63) is 80.6 Å². The van der Waals surface area contributed by atoms with Crippen LogP contribution in [0.4, 0.5) is 16.5 Å². The number of imide groups is 1. The van der Waals surface area contributed by atoms with E-state index < -0.39 is 21.8 Å². The number of halogens is 2. The molecule has 2 heterocycles. The number of amides is 2. The molecule has 0 saturated carbocycles. The Bertz CT molecular complexity index is 1310. The van der Waals surface area contributed by atoms with E-state index in [1.165, 1.54) is 36.5 Å². The monoisotopic (exact) mass is 493 g/mol. The van der Waals surface area contributed by atoms with Crippen LogP contribution in [0.3, 0.4) is 0 Å². The van der Waals surface area contributed by atoms with Crippen LogP contribution in [-0.2, 0) is 19.6 Å². The van der Waals surface area contributed by atoms with Crippen LogP contribution in [0.2, 0.25) is 5.02 Å². The van der Waals surface area contributed by atoms with Crippen LogP contribution in [0.1, 0.15) is 0 Å². The van der Waals surface area contributed by atoms with Gasteiger partial charge in [-0.3, -0.25) is 9.59 Å². The molecule has 158 valence electrons. The van der Waals surface area contributed by atoms with Gasteiger partial charge in [-0.25, -0.2) is 13.3 Å². The number of nitrogens with one attached hydrogen (secondary N) is 1. The van der Waals surface area contributed by atoms with Crippen LogP contribution in [0.15, 0.2) is 75.7 Å². The first kappa shape index (κ1) is 21.3. The van der Waals surface area contributed by atoms with Crippen LogP contribution >= 0.6 is 34.5 Å². The van der Waals surface area contributed by atoms with Crippen molar-refractivity contribution in [1.29, 1.82) is 0 Å². The van der Waals surface area contributed by atoms with Crippen molar-refractivity contribution in [1.82, 2.24) is 4.98 Å². The minimum atomic E-state index is -3.94. The molecule has 12 heteroatoms. The van der Waals surface area contributed by atoms with E-state index in [1.807, 2.05) is 0 Å². The molecule has 2 amide bonds. The molecule has 0 bridgehead atoms. The van der Waals surface area contributed by atoms with Crippen LogP contribution < -0.4 is 10.2 Å². The highest BCUT2D eigenvalue weighted by Crippen LogP contribution is 2.32. The molecule has 1 N–H and O–H groups in total. The smallest absolute Gasteiger partial charge is 0.283 e. The number of thiazole rings is 1. The molecule has 0 unspecified atom stereocenters. The van der Waals surface area contributed by atoms with E-state index in [0.717, 1.165) is 16.2 Å². The van der Waals surface area contributed by atoms with E-state index >= 15 is 0 Å². The van der Waals surface area contributed by atoms with E-state index in [9.17, 15) is 18.0 Å². The first-order valence-electron chi connectivity index (χ1n) is 8.55. The molecular formula is C19H11Cl2N4O4S2-. The fourth-order valence-corrected chi connectivity index (χ4v) is 4.80. The third-order valence-corrected chi connectivity index (χ3v) is 6.78. The molecule has 0 atom stereocenters. The van der Waals surface area contributed by atoms with E-state index in [-0.39, 0.29) is 26.4 Å². The Morgan fingerprint density at radius 1 is 1.03 bits per heavy atom. The SMILES string of the molecule is O=C1C(Cl)=C(Nc2ccc(S(=O)(=O)[N-]c3nccs3)cc2)C(=O)N1c1cccc(Cl)c1. The van der Waals surface area contributed by atoms with Crippen molar-refractivity contribution >= 4 is 72.9 Å². The average Bonchev–Trinajstić information content (AvgIpc) is 3.30. The molecule has 1 aliphatic rings. The zero-order chi connectivity index (χ0) is 22.2. The number of hydrogen-bond donors (Lipinski definition) is 1. The number of benzene rings is 2. The number of sulfonamides is 1. The molecule has 4 rings (SSSR count). The summed E-state index contributed by atoms with van der Waals surface area (Å²) in [5.74, 6) is -1.36. The number of nitrogens with zero attached hydrogens (tertiary/aromatic N) is 3. The predicted octanol–water partition coefficient (Wildman–Crippen LogP) is 4.63. The van der Waals surface area contributed by atoms with Crippen molar-refractivity contribution in [3.63, 3.8) is 0 Å². The number of carbonyl (C=O) groups excluding carboxylic acids is 2. The maximum absolute atomic E-state index is 12.8. The fourth-order valence-electron chi connectivity index (χ4n) is 2.73. The second kappa shape index (κ2) is 8.31. The van der Waals surface area contributed by atoms with Gasteiger partial charge in [0.25, 0.3) is 11.8 Å². The van der Waals surface area contributed by atoms with Crippen molar-refractivity contribution < 1.29 is 18.0 Å². The number of anilines is 2. The van der Waals surface area contributed by atoms with Gasteiger partial charge in [0.1, 0.15) is 10.7 Å². The Kier molecular flexibility index (Phi) is 5.71. The van der Waals surface area contributed by atoms with E-state index in [1.54, 1.807) is 23.6 Å². The predicted molar refractivity (Wildman–Crippen MR) is 119 cm³/mol. The topological polar surface area (TPSA) is 111 Å².